The highest BCUT2D eigenvalue weighted by Gasteiger charge is 2.36. The number of sulfonamides is 1. The van der Waals surface area contributed by atoms with E-state index in [0.717, 1.165) is 12.1 Å². The highest BCUT2D eigenvalue weighted by Crippen LogP contribution is 2.31. The van der Waals surface area contributed by atoms with Crippen molar-refractivity contribution in [1.82, 2.24) is 14.7 Å². The summed E-state index contributed by atoms with van der Waals surface area (Å²) in [4.78, 5) is 14.7. The molecule has 1 fully saturated rings. The maximum Gasteiger partial charge on any atom is 0.573 e. The van der Waals surface area contributed by atoms with Gasteiger partial charge in [0.25, 0.3) is 5.91 Å². The Bertz CT molecular complexity index is 1230. The van der Waals surface area contributed by atoms with Gasteiger partial charge in [0.2, 0.25) is 18.3 Å². The third-order valence-corrected chi connectivity index (χ3v) is 8.50. The number of halogens is 3. The lowest BCUT2D eigenvalue weighted by Crippen LogP contribution is -2.44. The monoisotopic (exact) mass is 589 g/mol. The molecule has 0 bridgehead atoms. The molecule has 1 N–H and O–H groups in total. The number of piperidine rings is 1. The molecule has 0 aliphatic carbocycles. The second-order valence-corrected chi connectivity index (χ2v) is 16.7. The molecule has 1 aliphatic heterocycles. The first kappa shape index (κ1) is 30.9. The van der Waals surface area contributed by atoms with Crippen LogP contribution in [-0.2, 0) is 19.3 Å². The third kappa shape index (κ3) is 8.67. The molecular weight excluding hydrogens is 555 g/mol. The van der Waals surface area contributed by atoms with Gasteiger partial charge in [-0.1, -0.05) is 18.2 Å². The number of hydrogen-bond donors (Lipinski definition) is 1. The SMILES string of the molecule is CN(C)C(C(=O)NO[Si](C)(C)C)c1ccccc1S(=O)(=O)N1CCC(Oc2ccc(OC(F)(F)F)cc2)CC1. The Labute approximate surface area is 228 Å². The third-order valence-electron chi connectivity index (χ3n) is 5.81. The molecule has 0 spiro atoms. The molecule has 2 aromatic rings. The molecule has 1 atom stereocenters. The fraction of sp³-hybridized carbons (Fsp3) is 0.480. The predicted molar refractivity (Wildman–Crippen MR) is 141 cm³/mol. The number of nitrogens with zero attached hydrogens (tertiary/aromatic N) is 2. The fourth-order valence-electron chi connectivity index (χ4n) is 4.10. The summed E-state index contributed by atoms with van der Waals surface area (Å²) in [7, 11) is -2.64. The van der Waals surface area contributed by atoms with Gasteiger partial charge in [0, 0.05) is 13.1 Å². The van der Waals surface area contributed by atoms with Gasteiger partial charge in [0.1, 0.15) is 23.6 Å². The van der Waals surface area contributed by atoms with Crippen LogP contribution in [0.2, 0.25) is 19.6 Å². The van der Waals surface area contributed by atoms with E-state index in [-0.39, 0.29) is 29.8 Å². The number of ether oxygens (including phenoxy) is 2. The molecule has 1 heterocycles. The highest BCUT2D eigenvalue weighted by molar-refractivity contribution is 7.89. The average molecular weight is 590 g/mol. The van der Waals surface area contributed by atoms with Crippen LogP contribution in [0.4, 0.5) is 13.2 Å². The summed E-state index contributed by atoms with van der Waals surface area (Å²) in [5.74, 6) is -0.466. The van der Waals surface area contributed by atoms with Crippen molar-refractivity contribution in [3.05, 3.63) is 54.1 Å². The Morgan fingerprint density at radius 1 is 1.03 bits per heavy atom. The van der Waals surface area contributed by atoms with Crippen LogP contribution < -0.4 is 15.0 Å². The number of amides is 1. The van der Waals surface area contributed by atoms with Crippen LogP contribution in [0.3, 0.4) is 0 Å². The van der Waals surface area contributed by atoms with E-state index in [9.17, 15) is 26.4 Å². The van der Waals surface area contributed by atoms with Gasteiger partial charge in [-0.2, -0.15) is 4.31 Å². The van der Waals surface area contributed by atoms with Gasteiger partial charge in [-0.3, -0.25) is 9.69 Å². The van der Waals surface area contributed by atoms with Gasteiger partial charge in [-0.25, -0.2) is 13.9 Å². The molecule has 3 rings (SSSR count). The second-order valence-electron chi connectivity index (χ2n) is 10.3. The minimum Gasteiger partial charge on any atom is -0.490 e. The van der Waals surface area contributed by atoms with E-state index in [1.165, 1.54) is 22.5 Å². The minimum atomic E-state index is -4.78. The number of hydrogen-bond acceptors (Lipinski definition) is 7. The van der Waals surface area contributed by atoms with Crippen LogP contribution in [0.25, 0.3) is 0 Å². The first-order valence-electron chi connectivity index (χ1n) is 12.3. The van der Waals surface area contributed by atoms with E-state index < -0.39 is 36.7 Å². The molecule has 0 aromatic heterocycles. The Morgan fingerprint density at radius 2 is 1.59 bits per heavy atom. The summed E-state index contributed by atoms with van der Waals surface area (Å²) < 4.78 is 81.1. The van der Waals surface area contributed by atoms with Crippen LogP contribution >= 0.6 is 0 Å². The maximum atomic E-state index is 13.7. The number of rotatable bonds is 10. The second kappa shape index (κ2) is 12.2. The summed E-state index contributed by atoms with van der Waals surface area (Å²) in [5, 5.41) is 0. The van der Waals surface area contributed by atoms with E-state index in [1.807, 2.05) is 19.6 Å². The summed E-state index contributed by atoms with van der Waals surface area (Å²) in [5.41, 5.74) is 2.83. The first-order chi connectivity index (χ1) is 18.1. The lowest BCUT2D eigenvalue weighted by molar-refractivity contribution is -0.274. The van der Waals surface area contributed by atoms with Crippen molar-refractivity contribution in [3.8, 4) is 11.5 Å². The first-order valence-corrected chi connectivity index (χ1v) is 17.2. The standard InChI is InChI=1S/C25H34F3N3O6SSi/c1-30(2)23(24(32)29-37-39(3,4)5)21-8-6-7-9-22(21)38(33,34)31-16-14-19(15-17-31)35-18-10-12-20(13-11-18)36-25(26,27)28/h6-13,19,23H,14-17H2,1-5H3,(H,29,32). The van der Waals surface area contributed by atoms with Gasteiger partial charge >= 0.3 is 6.36 Å². The largest absolute Gasteiger partial charge is 0.573 e. The Hall–Kier alpha value is -2.65. The number of benzene rings is 2. The molecule has 1 aliphatic rings. The quantitative estimate of drug-likeness (QED) is 0.326. The zero-order valence-electron chi connectivity index (χ0n) is 22.5. The van der Waals surface area contributed by atoms with Crippen LogP contribution in [0.1, 0.15) is 24.4 Å². The minimum absolute atomic E-state index is 0.0338. The van der Waals surface area contributed by atoms with Gasteiger partial charge in [-0.05, 0) is 82.5 Å². The van der Waals surface area contributed by atoms with E-state index >= 15 is 0 Å². The lowest BCUT2D eigenvalue weighted by atomic mass is 10.1. The number of hydroxylamine groups is 1. The molecule has 1 amide bonds. The van der Waals surface area contributed by atoms with Crippen molar-refractivity contribution in [3.63, 3.8) is 0 Å². The molecule has 2 aromatic carbocycles. The van der Waals surface area contributed by atoms with Gasteiger partial charge in [-0.15, -0.1) is 13.2 Å². The number of carbonyl (C=O) groups excluding carboxylic acids is 1. The van der Waals surface area contributed by atoms with E-state index in [4.69, 9.17) is 9.26 Å². The Kier molecular flexibility index (Phi) is 9.70. The zero-order chi connectivity index (χ0) is 29.0. The Morgan fingerprint density at radius 3 is 2.13 bits per heavy atom. The maximum absolute atomic E-state index is 13.7. The Balaban J connectivity index is 1.70. The summed E-state index contributed by atoms with van der Waals surface area (Å²) in [6, 6.07) is 10.6. The van der Waals surface area contributed by atoms with Crippen LogP contribution in [0, 0.1) is 0 Å². The van der Waals surface area contributed by atoms with Crippen molar-refractivity contribution >= 4 is 24.2 Å². The molecule has 216 valence electrons. The molecule has 39 heavy (non-hydrogen) atoms. The number of likely N-dealkylation sites (N-methyl/N-ethyl adjacent to an activating group) is 1. The van der Waals surface area contributed by atoms with E-state index in [2.05, 4.69) is 10.2 Å². The topological polar surface area (TPSA) is 97.4 Å². The molecule has 1 unspecified atom stereocenters. The summed E-state index contributed by atoms with van der Waals surface area (Å²) in [6.45, 7) is 6.10. The summed E-state index contributed by atoms with van der Waals surface area (Å²) in [6.07, 6.45) is -4.34. The molecular formula is C25H34F3N3O6SSi. The van der Waals surface area contributed by atoms with Crippen LogP contribution in [0.5, 0.6) is 11.5 Å². The number of alkyl halides is 3. The van der Waals surface area contributed by atoms with Crippen molar-refractivity contribution in [2.24, 2.45) is 0 Å². The molecule has 9 nitrogen and oxygen atoms in total. The van der Waals surface area contributed by atoms with Crippen LogP contribution in [-0.4, -0.2) is 71.5 Å². The fourth-order valence-corrected chi connectivity index (χ4v) is 6.20. The number of carbonyl (C=O) groups is 1. The van der Waals surface area contributed by atoms with E-state index in [0.29, 0.717) is 24.2 Å². The van der Waals surface area contributed by atoms with Crippen molar-refractivity contribution in [2.45, 2.75) is 55.9 Å². The highest BCUT2D eigenvalue weighted by atomic mass is 32.2. The predicted octanol–water partition coefficient (Wildman–Crippen LogP) is 4.30. The summed E-state index contributed by atoms with van der Waals surface area (Å²) >= 11 is 0. The van der Waals surface area contributed by atoms with Gasteiger partial charge in [0.15, 0.2) is 0 Å². The smallest absolute Gasteiger partial charge is 0.490 e. The average Bonchev–Trinajstić information content (AvgIpc) is 2.83. The lowest BCUT2D eigenvalue weighted by Gasteiger charge is -2.33. The zero-order valence-corrected chi connectivity index (χ0v) is 24.3. The molecule has 1 saturated heterocycles. The van der Waals surface area contributed by atoms with Crippen molar-refractivity contribution in [2.75, 3.05) is 27.2 Å². The van der Waals surface area contributed by atoms with Crippen LogP contribution in [0.15, 0.2) is 53.4 Å². The molecule has 14 heteroatoms. The number of nitrogens with one attached hydrogen (secondary N) is 1. The van der Waals surface area contributed by atoms with Gasteiger partial charge < -0.3 is 14.0 Å². The van der Waals surface area contributed by atoms with Crippen molar-refractivity contribution in [1.29, 1.82) is 0 Å². The normalized spacial score (nSPS) is 16.6. The van der Waals surface area contributed by atoms with Gasteiger partial charge in [0.05, 0.1) is 4.90 Å². The molecule has 0 saturated carbocycles. The van der Waals surface area contributed by atoms with E-state index in [1.54, 1.807) is 37.2 Å². The molecule has 0 radical (unpaired) electrons. The van der Waals surface area contributed by atoms with Crippen molar-refractivity contribution < 1.29 is 40.4 Å².